The Labute approximate surface area is 166 Å². The fourth-order valence-corrected chi connectivity index (χ4v) is 4.73. The molecule has 1 saturated heterocycles. The number of carbonyl (C=O) groups is 3. The molecule has 0 saturated carbocycles. The minimum atomic E-state index is -4.39. The van der Waals surface area contributed by atoms with E-state index in [2.05, 4.69) is 10.3 Å². The predicted molar refractivity (Wildman–Crippen MR) is 101 cm³/mol. The predicted octanol–water partition coefficient (Wildman–Crippen LogP) is -0.658. The summed E-state index contributed by atoms with van der Waals surface area (Å²) in [6, 6.07) is 3.04. The van der Waals surface area contributed by atoms with Crippen LogP contribution in [-0.4, -0.2) is 64.1 Å². The lowest BCUT2D eigenvalue weighted by atomic mass is 10.1. The molecule has 10 nitrogen and oxygen atoms in total. The van der Waals surface area contributed by atoms with E-state index in [1.54, 1.807) is 0 Å². The molecule has 28 heavy (non-hydrogen) atoms. The third-order valence-corrected chi connectivity index (χ3v) is 6.79. The molecule has 1 aliphatic heterocycles. The fourth-order valence-electron chi connectivity index (χ4n) is 2.68. The molecule has 0 spiro atoms. The lowest BCUT2D eigenvalue weighted by Crippen LogP contribution is -2.50. The van der Waals surface area contributed by atoms with Crippen molar-refractivity contribution >= 4 is 38.1 Å². The third kappa shape index (κ3) is 5.50. The average Bonchev–Trinajstić information content (AvgIpc) is 2.87. The minimum Gasteiger partial charge on any atom is -0.608 e. The summed E-state index contributed by atoms with van der Waals surface area (Å²) in [5, 5.41) is 1.50. The third-order valence-electron chi connectivity index (χ3n) is 4.01. The SMILES string of the molecule is NC(=O)[S+]([O-])CC[CH]C(=O)N([C@H]1CCCNCC1=O)S(=O)(=O)c1ccccn1. The molecule has 1 unspecified atom stereocenters. The highest BCUT2D eigenvalue weighted by atomic mass is 32.2. The molecule has 12 heteroatoms. The van der Waals surface area contributed by atoms with Crippen molar-refractivity contribution in [3.05, 3.63) is 30.8 Å². The number of hydrogen-bond donors (Lipinski definition) is 2. The Morgan fingerprint density at radius 2 is 2.18 bits per heavy atom. The van der Waals surface area contributed by atoms with Crippen molar-refractivity contribution < 1.29 is 27.4 Å². The van der Waals surface area contributed by atoms with Crippen molar-refractivity contribution in [3.63, 3.8) is 0 Å². The maximum Gasteiger partial charge on any atom is 0.424 e. The molecular weight excluding hydrogens is 408 g/mol. The van der Waals surface area contributed by atoms with Gasteiger partial charge < -0.3 is 15.6 Å². The van der Waals surface area contributed by atoms with Gasteiger partial charge in [0.15, 0.2) is 10.8 Å². The van der Waals surface area contributed by atoms with Gasteiger partial charge in [0.1, 0.15) is 11.8 Å². The van der Waals surface area contributed by atoms with Gasteiger partial charge in [0.25, 0.3) is 10.0 Å². The maximum absolute atomic E-state index is 13.1. The first-order valence-corrected chi connectivity index (χ1v) is 11.2. The zero-order chi connectivity index (χ0) is 20.7. The molecule has 153 valence electrons. The molecule has 2 amide bonds. The summed E-state index contributed by atoms with van der Waals surface area (Å²) >= 11 is -1.97. The van der Waals surface area contributed by atoms with Gasteiger partial charge in [-0.25, -0.2) is 14.1 Å². The second-order valence-electron chi connectivity index (χ2n) is 5.97. The van der Waals surface area contributed by atoms with Gasteiger partial charge in [0.05, 0.1) is 13.0 Å². The summed E-state index contributed by atoms with van der Waals surface area (Å²) < 4.78 is 38.1. The van der Waals surface area contributed by atoms with Crippen LogP contribution in [0.1, 0.15) is 19.3 Å². The summed E-state index contributed by atoms with van der Waals surface area (Å²) in [7, 11) is -4.39. The number of hydrogen-bond acceptors (Lipinski definition) is 8. The number of carbonyl (C=O) groups excluding carboxylic acids is 3. The molecule has 0 bridgehead atoms. The van der Waals surface area contributed by atoms with E-state index >= 15 is 0 Å². The highest BCUT2D eigenvalue weighted by Crippen LogP contribution is 2.22. The number of nitrogens with one attached hydrogen (secondary N) is 1. The summed E-state index contributed by atoms with van der Waals surface area (Å²) in [5.74, 6) is -1.59. The van der Waals surface area contributed by atoms with Gasteiger partial charge in [0, 0.05) is 23.8 Å². The van der Waals surface area contributed by atoms with Crippen LogP contribution >= 0.6 is 0 Å². The Bertz CT molecular complexity index is 818. The van der Waals surface area contributed by atoms with E-state index in [1.807, 2.05) is 0 Å². The van der Waals surface area contributed by atoms with Crippen LogP contribution < -0.4 is 11.1 Å². The normalized spacial score (nSPS) is 18.9. The minimum absolute atomic E-state index is 0.0577. The smallest absolute Gasteiger partial charge is 0.424 e. The summed E-state index contributed by atoms with van der Waals surface area (Å²) in [6.45, 7) is 0.465. The highest BCUT2D eigenvalue weighted by molar-refractivity contribution is 8.05. The second kappa shape index (κ2) is 9.96. The molecule has 1 radical (unpaired) electrons. The molecule has 1 aromatic heterocycles. The fraction of sp³-hybridized carbons (Fsp3) is 0.438. The molecule has 1 fully saturated rings. The van der Waals surface area contributed by atoms with Crippen LogP contribution in [0.25, 0.3) is 0 Å². The monoisotopic (exact) mass is 429 g/mol. The first-order chi connectivity index (χ1) is 13.2. The Hall–Kier alpha value is -2.02. The van der Waals surface area contributed by atoms with Gasteiger partial charge in [-0.15, -0.1) is 0 Å². The van der Waals surface area contributed by atoms with Crippen molar-refractivity contribution in [1.82, 2.24) is 14.6 Å². The molecule has 1 aliphatic rings. The van der Waals surface area contributed by atoms with Crippen LogP contribution in [0.4, 0.5) is 4.79 Å². The first kappa shape index (κ1) is 22.3. The van der Waals surface area contributed by atoms with Crippen molar-refractivity contribution in [2.45, 2.75) is 30.3 Å². The van der Waals surface area contributed by atoms with E-state index in [-0.39, 0.29) is 30.2 Å². The molecule has 1 aromatic rings. The van der Waals surface area contributed by atoms with Gasteiger partial charge in [-0.2, -0.15) is 8.42 Å². The highest BCUT2D eigenvalue weighted by Gasteiger charge is 2.40. The summed E-state index contributed by atoms with van der Waals surface area (Å²) in [5.41, 5.74) is 4.91. The first-order valence-electron chi connectivity index (χ1n) is 8.49. The van der Waals surface area contributed by atoms with Crippen LogP contribution in [0.2, 0.25) is 0 Å². The molecule has 2 rings (SSSR count). The Balaban J connectivity index is 2.29. The van der Waals surface area contributed by atoms with Gasteiger partial charge in [-0.1, -0.05) is 6.07 Å². The van der Waals surface area contributed by atoms with E-state index in [9.17, 15) is 27.4 Å². The van der Waals surface area contributed by atoms with Gasteiger partial charge in [-0.3, -0.25) is 9.59 Å². The van der Waals surface area contributed by atoms with E-state index < -0.39 is 44.2 Å². The van der Waals surface area contributed by atoms with Crippen molar-refractivity contribution in [3.8, 4) is 0 Å². The van der Waals surface area contributed by atoms with Gasteiger partial charge in [-0.05, 0) is 31.5 Å². The number of Topliss-reactive ketones (excluding diaryl/α,β-unsaturated/α-hetero) is 1. The van der Waals surface area contributed by atoms with Crippen LogP contribution in [0.15, 0.2) is 29.4 Å². The summed E-state index contributed by atoms with van der Waals surface area (Å²) in [6.07, 6.45) is 2.80. The topological polar surface area (TPSA) is 163 Å². The number of pyridine rings is 1. The maximum atomic E-state index is 13.1. The number of nitrogens with zero attached hydrogens (tertiary/aromatic N) is 2. The van der Waals surface area contributed by atoms with Crippen molar-refractivity contribution in [2.24, 2.45) is 5.73 Å². The zero-order valence-corrected chi connectivity index (χ0v) is 16.6. The number of nitrogens with two attached hydrogens (primary N) is 1. The molecule has 2 heterocycles. The number of amides is 2. The molecule has 0 aromatic carbocycles. The second-order valence-corrected chi connectivity index (χ2v) is 9.23. The largest absolute Gasteiger partial charge is 0.608 e. The average molecular weight is 430 g/mol. The van der Waals surface area contributed by atoms with Crippen molar-refractivity contribution in [1.29, 1.82) is 0 Å². The van der Waals surface area contributed by atoms with Crippen LogP contribution in [0, 0.1) is 6.42 Å². The van der Waals surface area contributed by atoms with E-state index in [0.29, 0.717) is 17.3 Å². The summed E-state index contributed by atoms with van der Waals surface area (Å²) in [4.78, 5) is 39.8. The number of aromatic nitrogens is 1. The molecule has 2 atom stereocenters. The number of rotatable bonds is 7. The number of ketones is 1. The number of primary amides is 1. The molecule has 3 N–H and O–H groups in total. The Kier molecular flexibility index (Phi) is 7.92. The van der Waals surface area contributed by atoms with E-state index in [1.165, 1.54) is 24.4 Å². The quantitative estimate of drug-likeness (QED) is 0.540. The Morgan fingerprint density at radius 3 is 2.82 bits per heavy atom. The van der Waals surface area contributed by atoms with Crippen molar-refractivity contribution in [2.75, 3.05) is 18.8 Å². The van der Waals surface area contributed by atoms with Crippen LogP contribution in [0.5, 0.6) is 0 Å². The number of sulfonamides is 1. The lowest BCUT2D eigenvalue weighted by Gasteiger charge is -2.28. The van der Waals surface area contributed by atoms with E-state index in [0.717, 1.165) is 6.42 Å². The standard InChI is InChI=1S/C16H21N4O6S2/c17-16(23)27(24)10-4-7-15(22)20(12-5-3-8-18-11-13(12)21)28(25,26)14-6-1-2-9-19-14/h1-2,6-7,9,12,18H,3-5,8,10-11H2,(H2,17,23)/t12-,27?/m0/s1. The molecule has 0 aliphatic carbocycles. The Morgan fingerprint density at radius 1 is 1.43 bits per heavy atom. The zero-order valence-electron chi connectivity index (χ0n) is 14.9. The van der Waals surface area contributed by atoms with Gasteiger partial charge >= 0.3 is 5.24 Å². The lowest BCUT2D eigenvalue weighted by molar-refractivity contribution is -0.131. The van der Waals surface area contributed by atoms with Crippen LogP contribution in [0.3, 0.4) is 0 Å². The molecular formula is C16H21N4O6S2. The van der Waals surface area contributed by atoms with Crippen LogP contribution in [-0.2, 0) is 30.8 Å². The van der Waals surface area contributed by atoms with Gasteiger partial charge in [0.2, 0.25) is 5.91 Å². The van der Waals surface area contributed by atoms with E-state index in [4.69, 9.17) is 5.73 Å².